The van der Waals surface area contributed by atoms with E-state index in [1.54, 1.807) is 18.2 Å². The fourth-order valence-electron chi connectivity index (χ4n) is 2.06. The molecule has 2 aromatic carbocycles. The number of carbonyl (C=O) groups is 1. The zero-order valence-corrected chi connectivity index (χ0v) is 13.0. The van der Waals surface area contributed by atoms with Gasteiger partial charge in [-0.2, -0.15) is 0 Å². The third-order valence-corrected chi connectivity index (χ3v) is 3.70. The van der Waals surface area contributed by atoms with Crippen LogP contribution in [0.4, 0.5) is 0 Å². The highest BCUT2D eigenvalue weighted by Crippen LogP contribution is 2.22. The summed E-state index contributed by atoms with van der Waals surface area (Å²) in [6.45, 7) is 1.40. The van der Waals surface area contributed by atoms with Crippen molar-refractivity contribution in [3.05, 3.63) is 69.2 Å². The van der Waals surface area contributed by atoms with Crippen LogP contribution < -0.4 is 0 Å². The molecule has 0 aliphatic rings. The maximum Gasteiger partial charge on any atom is 0.335 e. The lowest BCUT2D eigenvalue weighted by Gasteiger charge is -2.18. The minimum Gasteiger partial charge on any atom is -0.478 e. The quantitative estimate of drug-likeness (QED) is 0.890. The molecule has 0 unspecified atom stereocenters. The van der Waals surface area contributed by atoms with Gasteiger partial charge < -0.3 is 5.11 Å². The predicted molar refractivity (Wildman–Crippen MR) is 85.0 cm³/mol. The summed E-state index contributed by atoms with van der Waals surface area (Å²) in [5.41, 5.74) is 2.35. The number of hydrogen-bond acceptors (Lipinski definition) is 2. The summed E-state index contributed by atoms with van der Waals surface area (Å²) in [5.74, 6) is -0.914. The summed E-state index contributed by atoms with van der Waals surface area (Å²) in [4.78, 5) is 12.9. The van der Waals surface area contributed by atoms with Crippen molar-refractivity contribution < 1.29 is 9.90 Å². The van der Waals surface area contributed by atoms with Crippen molar-refractivity contribution >= 4 is 29.2 Å². The molecule has 0 spiro atoms. The summed E-state index contributed by atoms with van der Waals surface area (Å²) >= 11 is 12.0. The molecule has 0 radical (unpaired) electrons. The second-order valence-electron chi connectivity index (χ2n) is 4.91. The molecule has 0 heterocycles. The Morgan fingerprint density at radius 2 is 1.76 bits per heavy atom. The third-order valence-electron chi connectivity index (χ3n) is 3.11. The number of carboxylic acids is 1. The van der Waals surface area contributed by atoms with Crippen LogP contribution >= 0.6 is 23.2 Å². The molecule has 2 aromatic rings. The maximum absolute atomic E-state index is 10.8. The van der Waals surface area contributed by atoms with Crippen LogP contribution in [0.5, 0.6) is 0 Å². The normalized spacial score (nSPS) is 10.9. The van der Waals surface area contributed by atoms with Gasteiger partial charge in [-0.15, -0.1) is 0 Å². The van der Waals surface area contributed by atoms with E-state index in [4.69, 9.17) is 28.3 Å². The summed E-state index contributed by atoms with van der Waals surface area (Å²) in [7, 11) is 1.98. The highest BCUT2D eigenvalue weighted by atomic mass is 35.5. The van der Waals surface area contributed by atoms with E-state index in [-0.39, 0.29) is 0 Å². The van der Waals surface area contributed by atoms with Gasteiger partial charge in [-0.1, -0.05) is 41.4 Å². The lowest BCUT2D eigenvalue weighted by Crippen LogP contribution is -2.17. The van der Waals surface area contributed by atoms with E-state index < -0.39 is 5.97 Å². The molecule has 0 bridgehead atoms. The lowest BCUT2D eigenvalue weighted by atomic mass is 10.1. The Balaban J connectivity index is 2.01. The molecule has 0 atom stereocenters. The van der Waals surface area contributed by atoms with Crippen molar-refractivity contribution in [3.63, 3.8) is 0 Å². The van der Waals surface area contributed by atoms with E-state index in [1.165, 1.54) is 0 Å². The molecular formula is C16H15Cl2NO2. The van der Waals surface area contributed by atoms with E-state index in [2.05, 4.69) is 4.90 Å². The Morgan fingerprint density at radius 1 is 1.10 bits per heavy atom. The Hall–Kier alpha value is -1.55. The third kappa shape index (κ3) is 4.46. The van der Waals surface area contributed by atoms with E-state index >= 15 is 0 Å². The van der Waals surface area contributed by atoms with Gasteiger partial charge in [0.25, 0.3) is 0 Å². The number of aromatic carboxylic acids is 1. The number of benzene rings is 2. The average molecular weight is 324 g/mol. The van der Waals surface area contributed by atoms with Gasteiger partial charge in [0.2, 0.25) is 0 Å². The fraction of sp³-hybridized carbons (Fsp3) is 0.188. The van der Waals surface area contributed by atoms with Gasteiger partial charge in [-0.3, -0.25) is 4.90 Å². The van der Waals surface area contributed by atoms with Crippen LogP contribution in [0.1, 0.15) is 21.5 Å². The van der Waals surface area contributed by atoms with Crippen molar-refractivity contribution in [1.29, 1.82) is 0 Å². The van der Waals surface area contributed by atoms with Crippen LogP contribution in [0.2, 0.25) is 10.0 Å². The molecule has 3 nitrogen and oxygen atoms in total. The Bertz CT molecular complexity index is 641. The first-order chi connectivity index (χ1) is 9.95. The number of halogens is 2. The highest BCUT2D eigenvalue weighted by molar-refractivity contribution is 6.35. The van der Waals surface area contributed by atoms with Crippen LogP contribution in [-0.4, -0.2) is 23.0 Å². The molecule has 110 valence electrons. The van der Waals surface area contributed by atoms with E-state index in [0.29, 0.717) is 28.7 Å². The van der Waals surface area contributed by atoms with Crippen LogP contribution in [0.3, 0.4) is 0 Å². The van der Waals surface area contributed by atoms with Gasteiger partial charge >= 0.3 is 5.97 Å². The van der Waals surface area contributed by atoms with Crippen LogP contribution in [0.15, 0.2) is 42.5 Å². The molecule has 0 aliphatic heterocycles. The summed E-state index contributed by atoms with van der Waals surface area (Å²) in [6.07, 6.45) is 0. The van der Waals surface area contributed by atoms with Crippen molar-refractivity contribution in [2.24, 2.45) is 0 Å². The number of nitrogens with zero attached hydrogens (tertiary/aromatic N) is 1. The maximum atomic E-state index is 10.8. The largest absolute Gasteiger partial charge is 0.478 e. The second kappa shape index (κ2) is 6.94. The lowest BCUT2D eigenvalue weighted by molar-refractivity contribution is 0.0697. The van der Waals surface area contributed by atoms with Crippen molar-refractivity contribution in [3.8, 4) is 0 Å². The molecule has 21 heavy (non-hydrogen) atoms. The van der Waals surface area contributed by atoms with Gasteiger partial charge in [-0.25, -0.2) is 4.79 Å². The van der Waals surface area contributed by atoms with Crippen molar-refractivity contribution in [2.45, 2.75) is 13.1 Å². The SMILES string of the molecule is CN(Cc1ccc(C(=O)O)cc1)Cc1ccc(Cl)cc1Cl. The highest BCUT2D eigenvalue weighted by Gasteiger charge is 2.07. The first-order valence-corrected chi connectivity index (χ1v) is 7.16. The standard InChI is InChI=1S/C16H15Cl2NO2/c1-19(10-13-6-7-14(17)8-15(13)18)9-11-2-4-12(5-3-11)16(20)21/h2-8H,9-10H2,1H3,(H,20,21). The van der Waals surface area contributed by atoms with Crippen LogP contribution in [0, 0.1) is 0 Å². The van der Waals surface area contributed by atoms with Crippen molar-refractivity contribution in [2.75, 3.05) is 7.05 Å². The molecule has 0 fully saturated rings. The monoisotopic (exact) mass is 323 g/mol. The van der Waals surface area contributed by atoms with Gasteiger partial charge in [-0.05, 0) is 42.4 Å². The Labute approximate surface area is 133 Å². The Kier molecular flexibility index (Phi) is 5.23. The molecule has 5 heteroatoms. The summed E-state index contributed by atoms with van der Waals surface area (Å²) in [6, 6.07) is 12.3. The first kappa shape index (κ1) is 15.8. The molecule has 0 aromatic heterocycles. The number of carboxylic acid groups (broad SMARTS) is 1. The fourth-order valence-corrected chi connectivity index (χ4v) is 2.53. The minimum atomic E-state index is -0.914. The average Bonchev–Trinajstić information content (AvgIpc) is 2.42. The number of rotatable bonds is 5. The topological polar surface area (TPSA) is 40.5 Å². The van der Waals surface area contributed by atoms with E-state index in [1.807, 2.05) is 31.3 Å². The van der Waals surface area contributed by atoms with Gasteiger partial charge in [0.05, 0.1) is 5.56 Å². The smallest absolute Gasteiger partial charge is 0.335 e. The molecule has 1 N–H and O–H groups in total. The molecular weight excluding hydrogens is 309 g/mol. The zero-order valence-electron chi connectivity index (χ0n) is 11.5. The first-order valence-electron chi connectivity index (χ1n) is 6.40. The molecule has 0 amide bonds. The molecule has 0 aliphatic carbocycles. The number of hydrogen-bond donors (Lipinski definition) is 1. The van der Waals surface area contributed by atoms with Crippen molar-refractivity contribution in [1.82, 2.24) is 4.90 Å². The minimum absolute atomic E-state index is 0.294. The molecule has 0 saturated carbocycles. The van der Waals surface area contributed by atoms with E-state index in [0.717, 1.165) is 11.1 Å². The predicted octanol–water partition coefficient (Wildman–Crippen LogP) is 4.32. The zero-order chi connectivity index (χ0) is 15.4. The summed E-state index contributed by atoms with van der Waals surface area (Å²) < 4.78 is 0. The molecule has 2 rings (SSSR count). The summed E-state index contributed by atoms with van der Waals surface area (Å²) in [5, 5.41) is 10.1. The second-order valence-corrected chi connectivity index (χ2v) is 5.75. The van der Waals surface area contributed by atoms with E-state index in [9.17, 15) is 4.79 Å². The van der Waals surface area contributed by atoms with Gasteiger partial charge in [0, 0.05) is 23.1 Å². The molecule has 0 saturated heterocycles. The van der Waals surface area contributed by atoms with Crippen LogP contribution in [0.25, 0.3) is 0 Å². The van der Waals surface area contributed by atoms with Gasteiger partial charge in [0.1, 0.15) is 0 Å². The van der Waals surface area contributed by atoms with Crippen LogP contribution in [-0.2, 0) is 13.1 Å². The Morgan fingerprint density at radius 3 is 2.33 bits per heavy atom. The van der Waals surface area contributed by atoms with Gasteiger partial charge in [0.15, 0.2) is 0 Å².